The van der Waals surface area contributed by atoms with Gasteiger partial charge in [-0.05, 0) is 67.8 Å². The van der Waals surface area contributed by atoms with Crippen molar-refractivity contribution in [3.05, 3.63) is 59.8 Å². The Balaban J connectivity index is 1.21. The molecule has 1 aromatic carbocycles. The second kappa shape index (κ2) is 10.3. The third-order valence-corrected chi connectivity index (χ3v) is 6.13. The van der Waals surface area contributed by atoms with Gasteiger partial charge in [0, 0.05) is 56.9 Å². The summed E-state index contributed by atoms with van der Waals surface area (Å²) in [7, 11) is 0. The summed E-state index contributed by atoms with van der Waals surface area (Å²) in [5.41, 5.74) is 4.20. The molecule has 2 N–H and O–H groups in total. The minimum absolute atomic E-state index is 0.218. The Morgan fingerprint density at radius 2 is 1.81 bits per heavy atom. The molecule has 0 spiro atoms. The number of H-pyrrole nitrogens is 1. The van der Waals surface area contributed by atoms with Gasteiger partial charge in [0.25, 0.3) is 0 Å². The Bertz CT molecular complexity index is 1390. The maximum absolute atomic E-state index is 12.3. The molecule has 1 aliphatic rings. The van der Waals surface area contributed by atoms with Gasteiger partial charge < -0.3 is 19.9 Å². The second-order valence-corrected chi connectivity index (χ2v) is 10.3. The molecule has 4 heterocycles. The minimum atomic E-state index is -0.484. The molecular formula is C26H29ClN8O2. The van der Waals surface area contributed by atoms with E-state index in [0.717, 1.165) is 47.4 Å². The lowest BCUT2D eigenvalue weighted by molar-refractivity contribution is 0.0139. The number of aromatic nitrogens is 5. The summed E-state index contributed by atoms with van der Waals surface area (Å²) in [6.07, 6.45) is 4.93. The minimum Gasteiger partial charge on any atom is -0.444 e. The average molecular weight is 521 g/mol. The summed E-state index contributed by atoms with van der Waals surface area (Å²) in [5.74, 6) is 1.31. The highest BCUT2D eigenvalue weighted by molar-refractivity contribution is 6.28. The van der Waals surface area contributed by atoms with Crippen LogP contribution in [0.25, 0.3) is 22.2 Å². The quantitative estimate of drug-likeness (QED) is 0.359. The number of hydrogen-bond acceptors (Lipinski definition) is 8. The van der Waals surface area contributed by atoms with Crippen molar-refractivity contribution in [3.63, 3.8) is 0 Å². The normalized spacial score (nSPS) is 14.6. The lowest BCUT2D eigenvalue weighted by atomic mass is 10.1. The summed E-state index contributed by atoms with van der Waals surface area (Å²) in [4.78, 5) is 36.9. The first-order valence-corrected chi connectivity index (χ1v) is 12.5. The molecule has 0 aliphatic carbocycles. The van der Waals surface area contributed by atoms with E-state index >= 15 is 0 Å². The van der Waals surface area contributed by atoms with Crippen LogP contribution < -0.4 is 5.32 Å². The van der Waals surface area contributed by atoms with Gasteiger partial charge in [-0.3, -0.25) is 4.90 Å². The molecule has 0 saturated carbocycles. The average Bonchev–Trinajstić information content (AvgIpc) is 3.25. The van der Waals surface area contributed by atoms with Gasteiger partial charge in [0.2, 0.25) is 11.2 Å². The van der Waals surface area contributed by atoms with Gasteiger partial charge in [0.15, 0.2) is 0 Å². The lowest BCUT2D eigenvalue weighted by Crippen LogP contribution is -2.49. The molecule has 10 nitrogen and oxygen atoms in total. The number of aromatic amines is 1. The van der Waals surface area contributed by atoms with Crippen molar-refractivity contribution in [1.82, 2.24) is 34.7 Å². The van der Waals surface area contributed by atoms with E-state index in [2.05, 4.69) is 35.1 Å². The third kappa shape index (κ3) is 6.33. The zero-order valence-corrected chi connectivity index (χ0v) is 21.8. The van der Waals surface area contributed by atoms with Gasteiger partial charge >= 0.3 is 6.09 Å². The van der Waals surface area contributed by atoms with E-state index < -0.39 is 5.60 Å². The van der Waals surface area contributed by atoms with Crippen LogP contribution in [0.4, 0.5) is 16.6 Å². The summed E-state index contributed by atoms with van der Waals surface area (Å²) in [5, 5.41) is 3.49. The Morgan fingerprint density at radius 3 is 2.54 bits per heavy atom. The first kappa shape index (κ1) is 24.9. The van der Waals surface area contributed by atoms with E-state index in [1.54, 1.807) is 23.5 Å². The van der Waals surface area contributed by atoms with Crippen LogP contribution in [0, 0.1) is 0 Å². The summed E-state index contributed by atoms with van der Waals surface area (Å²) in [6, 6.07) is 9.94. The van der Waals surface area contributed by atoms with Crippen LogP contribution in [-0.4, -0.2) is 72.6 Å². The zero-order valence-electron chi connectivity index (χ0n) is 21.0. The Hall–Kier alpha value is -3.76. The summed E-state index contributed by atoms with van der Waals surface area (Å²) < 4.78 is 5.49. The molecule has 1 fully saturated rings. The monoisotopic (exact) mass is 520 g/mol. The molecule has 192 valence electrons. The predicted molar refractivity (Wildman–Crippen MR) is 143 cm³/mol. The molecule has 0 bridgehead atoms. The molecule has 1 amide bonds. The van der Waals surface area contributed by atoms with Crippen molar-refractivity contribution >= 4 is 40.5 Å². The Labute approximate surface area is 220 Å². The number of carbonyl (C=O) groups excluding carboxylic acids is 1. The van der Waals surface area contributed by atoms with Crippen molar-refractivity contribution in [3.8, 4) is 11.1 Å². The van der Waals surface area contributed by atoms with Gasteiger partial charge in [-0.25, -0.2) is 24.7 Å². The highest BCUT2D eigenvalue weighted by Crippen LogP contribution is 2.25. The molecule has 0 unspecified atom stereocenters. The highest BCUT2D eigenvalue weighted by atomic mass is 35.5. The number of carbonyl (C=O) groups is 1. The largest absolute Gasteiger partial charge is 0.444 e. The molecule has 1 saturated heterocycles. The van der Waals surface area contributed by atoms with Crippen molar-refractivity contribution < 1.29 is 9.53 Å². The smallest absolute Gasteiger partial charge is 0.410 e. The number of hydrogen-bond donors (Lipinski definition) is 2. The first-order valence-electron chi connectivity index (χ1n) is 12.1. The van der Waals surface area contributed by atoms with Gasteiger partial charge in [0.05, 0.1) is 11.0 Å². The van der Waals surface area contributed by atoms with Crippen LogP contribution in [0.15, 0.2) is 48.9 Å². The fourth-order valence-electron chi connectivity index (χ4n) is 4.15. The number of pyridine rings is 1. The number of nitrogens with one attached hydrogen (secondary N) is 2. The lowest BCUT2D eigenvalue weighted by Gasteiger charge is -2.35. The van der Waals surface area contributed by atoms with E-state index in [0.29, 0.717) is 24.9 Å². The molecule has 3 aromatic heterocycles. The number of benzene rings is 1. The molecule has 0 atom stereocenters. The number of rotatable bonds is 5. The van der Waals surface area contributed by atoms with Gasteiger partial charge in [-0.15, -0.1) is 0 Å². The number of fused-ring (bicyclic) bond motifs is 1. The number of piperazine rings is 1. The molecule has 37 heavy (non-hydrogen) atoms. The number of amides is 1. The highest BCUT2D eigenvalue weighted by Gasteiger charge is 2.25. The van der Waals surface area contributed by atoms with Crippen LogP contribution in [0.3, 0.4) is 0 Å². The van der Waals surface area contributed by atoms with Crippen LogP contribution in [0.2, 0.25) is 5.28 Å². The summed E-state index contributed by atoms with van der Waals surface area (Å²) >= 11 is 5.80. The third-order valence-electron chi connectivity index (χ3n) is 5.94. The van der Waals surface area contributed by atoms with Crippen molar-refractivity contribution in [2.24, 2.45) is 0 Å². The number of anilines is 2. The Morgan fingerprint density at radius 1 is 1.05 bits per heavy atom. The van der Waals surface area contributed by atoms with Gasteiger partial charge in [-0.1, -0.05) is 6.07 Å². The summed E-state index contributed by atoms with van der Waals surface area (Å²) in [6.45, 7) is 9.29. The SMILES string of the molecule is CC(C)(C)OC(=O)N1CCN(Cc2ccnc(Nc3nc4ccc(-c5cnc(Cl)nc5)cc4[nH]3)c2)CC1. The van der Waals surface area contributed by atoms with Gasteiger partial charge in [-0.2, -0.15) is 0 Å². The predicted octanol–water partition coefficient (Wildman–Crippen LogP) is 4.86. The maximum Gasteiger partial charge on any atom is 0.410 e. The fraction of sp³-hybridized carbons (Fsp3) is 0.346. The van der Waals surface area contributed by atoms with Crippen LogP contribution in [-0.2, 0) is 11.3 Å². The van der Waals surface area contributed by atoms with Crippen molar-refractivity contribution in [1.29, 1.82) is 0 Å². The fourth-order valence-corrected chi connectivity index (χ4v) is 4.24. The van der Waals surface area contributed by atoms with E-state index in [-0.39, 0.29) is 11.4 Å². The van der Waals surface area contributed by atoms with Crippen molar-refractivity contribution in [2.75, 3.05) is 31.5 Å². The number of halogens is 1. The van der Waals surface area contributed by atoms with E-state index in [4.69, 9.17) is 16.3 Å². The van der Waals surface area contributed by atoms with Crippen LogP contribution >= 0.6 is 11.6 Å². The number of ether oxygens (including phenoxy) is 1. The van der Waals surface area contributed by atoms with Gasteiger partial charge in [0.1, 0.15) is 11.4 Å². The number of nitrogens with zero attached hydrogens (tertiary/aromatic N) is 6. The molecule has 5 rings (SSSR count). The zero-order chi connectivity index (χ0) is 26.0. The first-order chi connectivity index (χ1) is 17.7. The van der Waals surface area contributed by atoms with Crippen LogP contribution in [0.5, 0.6) is 0 Å². The topological polar surface area (TPSA) is 112 Å². The molecule has 1 aliphatic heterocycles. The Kier molecular flexibility index (Phi) is 6.94. The molecule has 0 radical (unpaired) electrons. The van der Waals surface area contributed by atoms with E-state index in [1.807, 2.05) is 51.1 Å². The maximum atomic E-state index is 12.3. The molecule has 11 heteroatoms. The standard InChI is InChI=1S/C26H29ClN8O2/c1-26(2,3)37-25(36)35-10-8-34(9-11-35)16-17-6-7-28-22(12-17)33-24-31-20-5-4-18(13-21(20)32-24)19-14-29-23(27)30-15-19/h4-7,12-15H,8-11,16H2,1-3H3,(H2,28,31,32,33). The second-order valence-electron chi connectivity index (χ2n) is 9.98. The van der Waals surface area contributed by atoms with Crippen molar-refractivity contribution in [2.45, 2.75) is 32.9 Å². The van der Waals surface area contributed by atoms with Crippen LogP contribution in [0.1, 0.15) is 26.3 Å². The van der Waals surface area contributed by atoms with E-state index in [9.17, 15) is 4.79 Å². The molecule has 4 aromatic rings. The number of imidazole rings is 1. The molecular weight excluding hydrogens is 492 g/mol. The van der Waals surface area contributed by atoms with E-state index in [1.165, 1.54) is 0 Å².